The summed E-state index contributed by atoms with van der Waals surface area (Å²) in [7, 11) is 0. The summed E-state index contributed by atoms with van der Waals surface area (Å²) < 4.78 is 12.5. The second-order valence-corrected chi connectivity index (χ2v) is 8.70. The van der Waals surface area contributed by atoms with E-state index in [4.69, 9.17) is 9.47 Å². The average molecular weight is 392 g/mol. The molecular weight excluding hydrogens is 362 g/mol. The summed E-state index contributed by atoms with van der Waals surface area (Å²) in [6.07, 6.45) is 8.53. The second kappa shape index (κ2) is 8.10. The zero-order valence-electron chi connectivity index (χ0n) is 16.8. The average Bonchev–Trinajstić information content (AvgIpc) is 3.61. The molecule has 152 valence electrons. The molecule has 2 aromatic rings. The van der Waals surface area contributed by atoms with Crippen molar-refractivity contribution in [2.45, 2.75) is 69.6 Å². The number of ether oxygens (including phenoxy) is 2. The van der Waals surface area contributed by atoms with Gasteiger partial charge in [0.15, 0.2) is 0 Å². The lowest BCUT2D eigenvalue weighted by Crippen LogP contribution is -2.40. The summed E-state index contributed by atoms with van der Waals surface area (Å²) in [6.45, 7) is 0. The van der Waals surface area contributed by atoms with E-state index in [2.05, 4.69) is 41.7 Å². The molecule has 1 unspecified atom stereocenters. The molecule has 1 heterocycles. The number of rotatable bonds is 5. The van der Waals surface area contributed by atoms with Crippen molar-refractivity contribution in [2.24, 2.45) is 5.92 Å². The lowest BCUT2D eigenvalue weighted by molar-refractivity contribution is -0.123. The summed E-state index contributed by atoms with van der Waals surface area (Å²) in [6, 6.07) is 17.0. The minimum absolute atomic E-state index is 0.136. The Labute approximate surface area is 172 Å². The topological polar surface area (TPSA) is 47.6 Å². The quantitative estimate of drug-likeness (QED) is 0.783. The molecule has 0 spiro atoms. The summed E-state index contributed by atoms with van der Waals surface area (Å²) in [5.41, 5.74) is 2.48. The predicted molar refractivity (Wildman–Crippen MR) is 112 cm³/mol. The van der Waals surface area contributed by atoms with Crippen molar-refractivity contribution in [3.63, 3.8) is 0 Å². The van der Waals surface area contributed by atoms with Gasteiger partial charge < -0.3 is 14.8 Å². The van der Waals surface area contributed by atoms with Crippen LogP contribution in [0.3, 0.4) is 0 Å². The number of hydrogen-bond donors (Lipinski definition) is 1. The molecular formula is C25H29NO3. The molecule has 0 bridgehead atoms. The molecule has 0 aromatic heterocycles. The Morgan fingerprint density at radius 3 is 2.48 bits per heavy atom. The van der Waals surface area contributed by atoms with Crippen LogP contribution in [0.5, 0.6) is 11.5 Å². The first-order chi connectivity index (χ1) is 14.2. The van der Waals surface area contributed by atoms with Crippen LogP contribution in [0.15, 0.2) is 48.5 Å². The van der Waals surface area contributed by atoms with Crippen LogP contribution in [-0.2, 0) is 11.2 Å². The maximum Gasteiger partial charge on any atom is 0.223 e. The highest BCUT2D eigenvalue weighted by atomic mass is 16.5. The third-order valence-corrected chi connectivity index (χ3v) is 6.42. The number of benzene rings is 2. The standard InChI is InChI=1S/C25H29NO3/c27-25(18-6-7-18)26-20-9-11-21(12-10-20)28-22-13-15-24-19(16-22)8-14-23(29-24)17-4-2-1-3-5-17/h1-5,13,15-16,18,20-21,23H,6-12,14H2,(H,26,27). The molecule has 5 rings (SSSR count). The van der Waals surface area contributed by atoms with E-state index in [1.807, 2.05) is 12.1 Å². The molecule has 3 aliphatic rings. The first-order valence-corrected chi connectivity index (χ1v) is 11.1. The molecule has 1 aliphatic heterocycles. The molecule has 4 nitrogen and oxygen atoms in total. The van der Waals surface area contributed by atoms with E-state index >= 15 is 0 Å². The maximum atomic E-state index is 11.9. The zero-order valence-corrected chi connectivity index (χ0v) is 16.8. The van der Waals surface area contributed by atoms with Crippen LogP contribution < -0.4 is 14.8 Å². The molecule has 2 fully saturated rings. The highest BCUT2D eigenvalue weighted by Crippen LogP contribution is 2.37. The van der Waals surface area contributed by atoms with Crippen LogP contribution in [0.4, 0.5) is 0 Å². The minimum atomic E-state index is 0.136. The van der Waals surface area contributed by atoms with Gasteiger partial charge in [0, 0.05) is 12.0 Å². The monoisotopic (exact) mass is 391 g/mol. The Bertz CT molecular complexity index is 854. The molecule has 0 radical (unpaired) electrons. The van der Waals surface area contributed by atoms with Gasteiger partial charge in [0.25, 0.3) is 0 Å². The van der Waals surface area contributed by atoms with Crippen molar-refractivity contribution in [3.05, 3.63) is 59.7 Å². The summed E-state index contributed by atoms with van der Waals surface area (Å²) in [5, 5.41) is 3.21. The van der Waals surface area contributed by atoms with Crippen LogP contribution in [0.1, 0.15) is 62.2 Å². The molecule has 2 saturated carbocycles. The molecule has 2 aliphatic carbocycles. The zero-order chi connectivity index (χ0) is 19.6. The number of amides is 1. The molecule has 1 amide bonds. The smallest absolute Gasteiger partial charge is 0.223 e. The summed E-state index contributed by atoms with van der Waals surface area (Å²) >= 11 is 0. The van der Waals surface area contributed by atoms with Crippen LogP contribution >= 0.6 is 0 Å². The Morgan fingerprint density at radius 2 is 1.72 bits per heavy atom. The molecule has 0 saturated heterocycles. The number of carbonyl (C=O) groups is 1. The molecule has 29 heavy (non-hydrogen) atoms. The Kier molecular flexibility index (Phi) is 5.17. The van der Waals surface area contributed by atoms with Gasteiger partial charge in [-0.1, -0.05) is 30.3 Å². The van der Waals surface area contributed by atoms with Crippen molar-refractivity contribution in [2.75, 3.05) is 0 Å². The molecule has 4 heteroatoms. The Balaban J connectivity index is 1.15. The highest BCUT2D eigenvalue weighted by Gasteiger charge is 2.32. The van der Waals surface area contributed by atoms with Gasteiger partial charge in [0.05, 0.1) is 6.10 Å². The van der Waals surface area contributed by atoms with Crippen LogP contribution in [0, 0.1) is 5.92 Å². The number of aryl methyl sites for hydroxylation is 1. The van der Waals surface area contributed by atoms with Gasteiger partial charge in [-0.2, -0.15) is 0 Å². The lowest BCUT2D eigenvalue weighted by Gasteiger charge is -2.30. The van der Waals surface area contributed by atoms with Gasteiger partial charge >= 0.3 is 0 Å². The maximum absolute atomic E-state index is 11.9. The third-order valence-electron chi connectivity index (χ3n) is 6.42. The SMILES string of the molecule is O=C(NC1CCC(Oc2ccc3c(c2)CCC(c2ccccc2)O3)CC1)C1CC1. The second-order valence-electron chi connectivity index (χ2n) is 8.70. The summed E-state index contributed by atoms with van der Waals surface area (Å²) in [4.78, 5) is 11.9. The van der Waals surface area contributed by atoms with E-state index in [1.54, 1.807) is 0 Å². The number of nitrogens with one attached hydrogen (secondary N) is 1. The predicted octanol–water partition coefficient (Wildman–Crippen LogP) is 4.97. The van der Waals surface area contributed by atoms with E-state index < -0.39 is 0 Å². The van der Waals surface area contributed by atoms with Crippen molar-refractivity contribution >= 4 is 5.91 Å². The van der Waals surface area contributed by atoms with E-state index in [0.29, 0.717) is 12.0 Å². The number of fused-ring (bicyclic) bond motifs is 1. The molecule has 1 N–H and O–H groups in total. The molecule has 1 atom stereocenters. The van der Waals surface area contributed by atoms with E-state index in [9.17, 15) is 4.79 Å². The fourth-order valence-corrected chi connectivity index (χ4v) is 4.52. The van der Waals surface area contributed by atoms with Gasteiger partial charge in [-0.05, 0) is 80.7 Å². The van der Waals surface area contributed by atoms with Crippen LogP contribution in [0.2, 0.25) is 0 Å². The van der Waals surface area contributed by atoms with Gasteiger partial charge in [-0.3, -0.25) is 4.79 Å². The fraction of sp³-hybridized carbons (Fsp3) is 0.480. The minimum Gasteiger partial charge on any atom is -0.490 e. The first kappa shape index (κ1) is 18.5. The van der Waals surface area contributed by atoms with Gasteiger partial charge in [-0.15, -0.1) is 0 Å². The largest absolute Gasteiger partial charge is 0.490 e. The molecule has 2 aromatic carbocycles. The summed E-state index contributed by atoms with van der Waals surface area (Å²) in [5.74, 6) is 2.47. The first-order valence-electron chi connectivity index (χ1n) is 11.1. The van der Waals surface area contributed by atoms with Gasteiger partial charge in [0.1, 0.15) is 17.6 Å². The fourth-order valence-electron chi connectivity index (χ4n) is 4.52. The van der Waals surface area contributed by atoms with Crippen molar-refractivity contribution in [1.29, 1.82) is 0 Å². The third kappa shape index (κ3) is 4.42. The normalized spacial score (nSPS) is 26.1. The highest BCUT2D eigenvalue weighted by molar-refractivity contribution is 5.81. The van der Waals surface area contributed by atoms with E-state index in [-0.39, 0.29) is 18.1 Å². The van der Waals surface area contributed by atoms with Gasteiger partial charge in [-0.25, -0.2) is 0 Å². The van der Waals surface area contributed by atoms with E-state index in [1.165, 1.54) is 11.1 Å². The van der Waals surface area contributed by atoms with Crippen LogP contribution in [-0.4, -0.2) is 18.1 Å². The number of carbonyl (C=O) groups excluding carboxylic acids is 1. The lowest BCUT2D eigenvalue weighted by atomic mass is 9.92. The van der Waals surface area contributed by atoms with Crippen molar-refractivity contribution in [1.82, 2.24) is 5.32 Å². The Morgan fingerprint density at radius 1 is 0.931 bits per heavy atom. The van der Waals surface area contributed by atoms with Crippen molar-refractivity contribution in [3.8, 4) is 11.5 Å². The Hall–Kier alpha value is -2.49. The number of hydrogen-bond acceptors (Lipinski definition) is 3. The van der Waals surface area contributed by atoms with E-state index in [0.717, 1.165) is 62.9 Å². The van der Waals surface area contributed by atoms with Crippen molar-refractivity contribution < 1.29 is 14.3 Å². The van der Waals surface area contributed by atoms with Gasteiger partial charge in [0.2, 0.25) is 5.91 Å². The van der Waals surface area contributed by atoms with Crippen LogP contribution in [0.25, 0.3) is 0 Å².